The Morgan fingerprint density at radius 1 is 1.18 bits per heavy atom. The zero-order valence-electron chi connectivity index (χ0n) is 7.95. The molecular formula is C9H18LiN. The molecule has 0 spiro atoms. The topological polar surface area (TPSA) is 23.9 Å². The molecular weight excluding hydrogens is 129 g/mol. The molecule has 0 atom stereocenters. The summed E-state index contributed by atoms with van der Waals surface area (Å²) in [4.78, 5) is 0. The van der Waals surface area contributed by atoms with E-state index < -0.39 is 0 Å². The van der Waals surface area contributed by atoms with Crippen molar-refractivity contribution in [2.75, 3.05) is 0 Å². The van der Waals surface area contributed by atoms with Gasteiger partial charge in [0, 0.05) is 0 Å². The maximum absolute atomic E-state index is 7.57. The molecule has 0 amide bonds. The molecule has 1 nitrogen and oxygen atoms in total. The molecule has 0 aromatic heterocycles. The molecule has 0 heterocycles. The third-order valence-corrected chi connectivity index (χ3v) is 1.91. The fraction of sp³-hybridized carbons (Fsp3) is 0.889. The summed E-state index contributed by atoms with van der Waals surface area (Å²) < 4.78 is 0. The van der Waals surface area contributed by atoms with Gasteiger partial charge >= 0.3 is 79.4 Å². The predicted octanol–water partition coefficient (Wildman–Crippen LogP) is 2.95. The number of hydrogen-bond donors (Lipinski definition) is 1. The first-order chi connectivity index (χ1) is 5.31. The van der Waals surface area contributed by atoms with Gasteiger partial charge in [0.1, 0.15) is 0 Å². The zero-order chi connectivity index (χ0) is 8.53. The van der Waals surface area contributed by atoms with E-state index in [0.717, 1.165) is 18.6 Å². The molecule has 0 aromatic carbocycles. The van der Waals surface area contributed by atoms with E-state index in [2.05, 4.69) is 24.6 Å². The molecule has 1 N–H and O–H groups in total. The second-order valence-electron chi connectivity index (χ2n) is 3.16. The van der Waals surface area contributed by atoms with Crippen LogP contribution in [-0.4, -0.2) is 23.4 Å². The standard InChI is InChI=1S/C9H18N.Li/c1-3-5-6-8-9(10)7-4-2;/h10H,2-8H2,1H3;. The minimum atomic E-state index is 0.959. The van der Waals surface area contributed by atoms with Gasteiger partial charge in [0.25, 0.3) is 0 Å². The van der Waals surface area contributed by atoms with Crippen molar-refractivity contribution in [1.82, 2.24) is 0 Å². The van der Waals surface area contributed by atoms with Crippen molar-refractivity contribution in [2.45, 2.75) is 50.5 Å². The monoisotopic (exact) mass is 147 g/mol. The minimum absolute atomic E-state index is 0.959. The summed E-state index contributed by atoms with van der Waals surface area (Å²) >= 11 is 2.18. The van der Waals surface area contributed by atoms with E-state index >= 15 is 0 Å². The van der Waals surface area contributed by atoms with Crippen LogP contribution in [0, 0.1) is 5.41 Å². The summed E-state index contributed by atoms with van der Waals surface area (Å²) in [6.07, 6.45) is 7.04. The van der Waals surface area contributed by atoms with Gasteiger partial charge in [0.2, 0.25) is 0 Å². The number of nitrogens with one attached hydrogen (secondary N) is 1. The Bertz CT molecular complexity index is 102. The summed E-state index contributed by atoms with van der Waals surface area (Å²) in [6.45, 7) is 2.20. The van der Waals surface area contributed by atoms with Crippen LogP contribution in [0.25, 0.3) is 0 Å². The Hall–Kier alpha value is 0.267. The SMILES string of the molecule is [Li][CH2]CCC(=N)CCCCC. The van der Waals surface area contributed by atoms with Gasteiger partial charge in [-0.25, -0.2) is 0 Å². The van der Waals surface area contributed by atoms with Gasteiger partial charge in [-0.05, 0) is 0 Å². The van der Waals surface area contributed by atoms with Crippen molar-refractivity contribution < 1.29 is 0 Å². The molecule has 0 fully saturated rings. The Morgan fingerprint density at radius 2 is 1.82 bits per heavy atom. The summed E-state index contributed by atoms with van der Waals surface area (Å²) in [5.41, 5.74) is 0.959. The molecule has 0 aliphatic carbocycles. The van der Waals surface area contributed by atoms with Crippen LogP contribution in [0.15, 0.2) is 0 Å². The predicted molar refractivity (Wildman–Crippen MR) is 51.7 cm³/mol. The van der Waals surface area contributed by atoms with Crippen LogP contribution < -0.4 is 0 Å². The van der Waals surface area contributed by atoms with Gasteiger partial charge in [0.05, 0.1) is 0 Å². The first-order valence-electron chi connectivity index (χ1n) is 4.87. The van der Waals surface area contributed by atoms with Gasteiger partial charge in [-0.2, -0.15) is 0 Å². The van der Waals surface area contributed by atoms with Crippen LogP contribution in [0.3, 0.4) is 0 Å². The van der Waals surface area contributed by atoms with Crippen LogP contribution in [0.2, 0.25) is 5.09 Å². The molecule has 2 heteroatoms. The third kappa shape index (κ3) is 8.17. The fourth-order valence-electron chi connectivity index (χ4n) is 1.10. The van der Waals surface area contributed by atoms with E-state index in [9.17, 15) is 0 Å². The molecule has 0 aliphatic heterocycles. The Balaban J connectivity index is 3.09. The Labute approximate surface area is 79.7 Å². The van der Waals surface area contributed by atoms with Crippen molar-refractivity contribution in [2.24, 2.45) is 0 Å². The van der Waals surface area contributed by atoms with Crippen molar-refractivity contribution in [3.8, 4) is 0 Å². The van der Waals surface area contributed by atoms with E-state index in [1.165, 1.54) is 30.8 Å². The van der Waals surface area contributed by atoms with E-state index in [-0.39, 0.29) is 0 Å². The van der Waals surface area contributed by atoms with Crippen molar-refractivity contribution >= 4 is 23.4 Å². The molecule has 11 heavy (non-hydrogen) atoms. The Kier molecular flexibility index (Phi) is 8.57. The van der Waals surface area contributed by atoms with Crippen LogP contribution in [0.5, 0.6) is 0 Å². The molecule has 0 saturated heterocycles. The second-order valence-corrected chi connectivity index (χ2v) is 3.16. The van der Waals surface area contributed by atoms with Crippen LogP contribution in [0.1, 0.15) is 45.4 Å². The van der Waals surface area contributed by atoms with Crippen LogP contribution >= 0.6 is 0 Å². The van der Waals surface area contributed by atoms with Gasteiger partial charge in [-0.15, -0.1) is 0 Å². The summed E-state index contributed by atoms with van der Waals surface area (Å²) in [7, 11) is 0. The average molecular weight is 147 g/mol. The first-order valence-corrected chi connectivity index (χ1v) is 4.87. The van der Waals surface area contributed by atoms with E-state index in [4.69, 9.17) is 5.41 Å². The van der Waals surface area contributed by atoms with Gasteiger partial charge in [-0.1, -0.05) is 0 Å². The van der Waals surface area contributed by atoms with E-state index in [1.54, 1.807) is 0 Å². The second kappa shape index (κ2) is 8.36. The first kappa shape index (κ1) is 11.3. The fourth-order valence-corrected chi connectivity index (χ4v) is 1.10. The van der Waals surface area contributed by atoms with E-state index in [1.807, 2.05) is 0 Å². The van der Waals surface area contributed by atoms with Crippen molar-refractivity contribution in [3.63, 3.8) is 0 Å². The summed E-state index contributed by atoms with van der Waals surface area (Å²) in [5, 5.41) is 8.79. The number of rotatable bonds is 7. The van der Waals surface area contributed by atoms with Crippen LogP contribution in [0.4, 0.5) is 0 Å². The Morgan fingerprint density at radius 3 is 2.36 bits per heavy atom. The number of hydrogen-bond acceptors (Lipinski definition) is 1. The summed E-state index contributed by atoms with van der Waals surface area (Å²) in [6, 6.07) is 0. The van der Waals surface area contributed by atoms with Crippen molar-refractivity contribution in [1.29, 1.82) is 5.41 Å². The van der Waals surface area contributed by atoms with Gasteiger partial charge in [-0.3, -0.25) is 0 Å². The summed E-state index contributed by atoms with van der Waals surface area (Å²) in [5.74, 6) is 0. The molecule has 0 unspecified atom stereocenters. The molecule has 0 aliphatic rings. The molecule has 0 saturated carbocycles. The molecule has 0 bridgehead atoms. The zero-order valence-corrected chi connectivity index (χ0v) is 7.95. The van der Waals surface area contributed by atoms with Gasteiger partial charge in [0.15, 0.2) is 0 Å². The molecule has 60 valence electrons. The maximum atomic E-state index is 7.57. The van der Waals surface area contributed by atoms with Crippen LogP contribution in [-0.2, 0) is 0 Å². The molecule has 0 rings (SSSR count). The molecule has 0 radical (unpaired) electrons. The quantitative estimate of drug-likeness (QED) is 0.325. The third-order valence-electron chi connectivity index (χ3n) is 1.91. The molecule has 0 aromatic rings. The van der Waals surface area contributed by atoms with E-state index in [0.29, 0.717) is 0 Å². The van der Waals surface area contributed by atoms with Gasteiger partial charge < -0.3 is 0 Å². The number of unbranched alkanes of at least 4 members (excludes halogenated alkanes) is 2. The van der Waals surface area contributed by atoms with Crippen molar-refractivity contribution in [3.05, 3.63) is 0 Å². The average Bonchev–Trinajstić information content (AvgIpc) is 2.01. The normalized spacial score (nSPS) is 10.1.